The minimum Gasteiger partial charge on any atom is -0.368 e. The second-order valence-corrected chi connectivity index (χ2v) is 5.01. The van der Waals surface area contributed by atoms with Crippen LogP contribution >= 0.6 is 0 Å². The maximum atomic E-state index is 6.06. The van der Waals surface area contributed by atoms with Crippen molar-refractivity contribution < 1.29 is 0 Å². The van der Waals surface area contributed by atoms with Crippen LogP contribution in [0.5, 0.6) is 0 Å². The fourth-order valence-electron chi connectivity index (χ4n) is 2.06. The molecular weight excluding hydrogens is 224 g/mol. The van der Waals surface area contributed by atoms with E-state index in [0.29, 0.717) is 5.92 Å². The summed E-state index contributed by atoms with van der Waals surface area (Å²) in [5.41, 5.74) is 7.01. The Labute approximate surface area is 108 Å². The maximum Gasteiger partial charge on any atom is 0.137 e. The highest BCUT2D eigenvalue weighted by Gasteiger charge is 2.07. The van der Waals surface area contributed by atoms with E-state index in [2.05, 4.69) is 29.1 Å². The van der Waals surface area contributed by atoms with Gasteiger partial charge in [0.2, 0.25) is 0 Å². The Balaban J connectivity index is 2.08. The molecule has 96 valence electrons. The summed E-state index contributed by atoms with van der Waals surface area (Å²) >= 11 is 0. The number of nitrogens with zero attached hydrogens (tertiary/aromatic N) is 2. The van der Waals surface area contributed by atoms with E-state index in [-0.39, 0.29) is 6.04 Å². The van der Waals surface area contributed by atoms with Gasteiger partial charge in [0.05, 0.1) is 5.52 Å². The number of rotatable bonds is 5. The first kappa shape index (κ1) is 12.8. The minimum absolute atomic E-state index is 0.152. The van der Waals surface area contributed by atoms with Gasteiger partial charge in [-0.2, -0.15) is 0 Å². The molecule has 0 saturated heterocycles. The molecule has 0 saturated carbocycles. The van der Waals surface area contributed by atoms with Crippen molar-refractivity contribution in [3.05, 3.63) is 30.6 Å². The highest BCUT2D eigenvalue weighted by atomic mass is 15.0. The van der Waals surface area contributed by atoms with E-state index in [1.54, 1.807) is 6.33 Å². The van der Waals surface area contributed by atoms with Gasteiger partial charge in [-0.15, -0.1) is 0 Å². The Hall–Kier alpha value is -1.68. The van der Waals surface area contributed by atoms with E-state index in [9.17, 15) is 0 Å². The molecule has 0 aliphatic carbocycles. The molecule has 0 fully saturated rings. The van der Waals surface area contributed by atoms with Crippen LogP contribution < -0.4 is 11.1 Å². The zero-order chi connectivity index (χ0) is 13.0. The van der Waals surface area contributed by atoms with Gasteiger partial charge in [-0.25, -0.2) is 9.97 Å². The number of benzene rings is 1. The van der Waals surface area contributed by atoms with Crippen LogP contribution in [0, 0.1) is 5.92 Å². The lowest BCUT2D eigenvalue weighted by molar-refractivity contribution is 0.508. The second-order valence-electron chi connectivity index (χ2n) is 5.01. The first-order valence-corrected chi connectivity index (χ1v) is 6.36. The quantitative estimate of drug-likeness (QED) is 0.847. The Bertz CT molecular complexity index is 505. The van der Waals surface area contributed by atoms with Gasteiger partial charge in [0.15, 0.2) is 0 Å². The van der Waals surface area contributed by atoms with Crippen LogP contribution in [0.2, 0.25) is 0 Å². The van der Waals surface area contributed by atoms with Crippen LogP contribution in [-0.2, 0) is 0 Å². The van der Waals surface area contributed by atoms with E-state index in [4.69, 9.17) is 5.73 Å². The van der Waals surface area contributed by atoms with Crippen molar-refractivity contribution in [2.45, 2.75) is 26.3 Å². The number of anilines is 1. The van der Waals surface area contributed by atoms with E-state index >= 15 is 0 Å². The lowest BCUT2D eigenvalue weighted by Crippen LogP contribution is -2.30. The number of nitrogens with two attached hydrogens (primary N) is 1. The fraction of sp³-hybridized carbons (Fsp3) is 0.429. The standard InChI is InChI=1S/C14H20N4/c1-10(2)7-11(15)8-16-14-12-5-3-4-6-13(12)17-9-18-14/h3-6,9-11H,7-8,15H2,1-2H3,(H,16,17,18). The van der Waals surface area contributed by atoms with Crippen LogP contribution in [0.1, 0.15) is 20.3 Å². The second kappa shape index (κ2) is 5.78. The Morgan fingerprint density at radius 3 is 2.78 bits per heavy atom. The summed E-state index contributed by atoms with van der Waals surface area (Å²) in [5.74, 6) is 1.48. The monoisotopic (exact) mass is 244 g/mol. The molecule has 18 heavy (non-hydrogen) atoms. The summed E-state index contributed by atoms with van der Waals surface area (Å²) in [6.07, 6.45) is 2.59. The molecule has 4 heteroatoms. The number of nitrogens with one attached hydrogen (secondary N) is 1. The normalized spacial score (nSPS) is 12.9. The fourth-order valence-corrected chi connectivity index (χ4v) is 2.06. The first-order valence-electron chi connectivity index (χ1n) is 6.36. The molecule has 0 aliphatic rings. The molecule has 2 aromatic rings. The third-order valence-electron chi connectivity index (χ3n) is 2.85. The van der Waals surface area contributed by atoms with Gasteiger partial charge in [-0.1, -0.05) is 26.0 Å². The summed E-state index contributed by atoms with van der Waals surface area (Å²) in [4.78, 5) is 8.52. The number of hydrogen-bond acceptors (Lipinski definition) is 4. The average Bonchev–Trinajstić information content (AvgIpc) is 2.35. The summed E-state index contributed by atoms with van der Waals surface area (Å²) in [6, 6.07) is 8.12. The smallest absolute Gasteiger partial charge is 0.137 e. The Morgan fingerprint density at radius 1 is 1.22 bits per heavy atom. The lowest BCUT2D eigenvalue weighted by atomic mass is 10.0. The molecule has 1 aromatic heterocycles. The zero-order valence-corrected chi connectivity index (χ0v) is 10.9. The summed E-state index contributed by atoms with van der Waals surface area (Å²) in [5, 5.41) is 4.36. The Morgan fingerprint density at radius 2 is 2.00 bits per heavy atom. The van der Waals surface area contributed by atoms with Crippen molar-refractivity contribution in [1.29, 1.82) is 0 Å². The molecule has 4 nitrogen and oxygen atoms in total. The third-order valence-corrected chi connectivity index (χ3v) is 2.85. The summed E-state index contributed by atoms with van der Waals surface area (Å²) in [7, 11) is 0. The molecule has 1 atom stereocenters. The van der Waals surface area contributed by atoms with Crippen LogP contribution in [0.3, 0.4) is 0 Å². The molecule has 1 heterocycles. The Kier molecular flexibility index (Phi) is 4.10. The molecule has 0 radical (unpaired) electrons. The van der Waals surface area contributed by atoms with Gasteiger partial charge in [0.1, 0.15) is 12.1 Å². The molecule has 1 aromatic carbocycles. The number of fused-ring (bicyclic) bond motifs is 1. The van der Waals surface area contributed by atoms with E-state index in [1.807, 2.05) is 24.3 Å². The van der Waals surface area contributed by atoms with Crippen LogP contribution in [-0.4, -0.2) is 22.6 Å². The average molecular weight is 244 g/mol. The van der Waals surface area contributed by atoms with Crippen LogP contribution in [0.25, 0.3) is 10.9 Å². The van der Waals surface area contributed by atoms with Crippen molar-refractivity contribution in [3.63, 3.8) is 0 Å². The van der Waals surface area contributed by atoms with Gasteiger partial charge in [-0.05, 0) is 24.5 Å². The molecule has 2 rings (SSSR count). The summed E-state index contributed by atoms with van der Waals surface area (Å²) < 4.78 is 0. The molecule has 0 spiro atoms. The molecule has 0 amide bonds. The van der Waals surface area contributed by atoms with Gasteiger partial charge >= 0.3 is 0 Å². The highest BCUT2D eigenvalue weighted by molar-refractivity contribution is 5.88. The summed E-state index contributed by atoms with van der Waals surface area (Å²) in [6.45, 7) is 5.10. The molecule has 0 bridgehead atoms. The SMILES string of the molecule is CC(C)CC(N)CNc1ncnc2ccccc12. The van der Waals surface area contributed by atoms with Crippen molar-refractivity contribution in [2.75, 3.05) is 11.9 Å². The predicted octanol–water partition coefficient (Wildman–Crippen LogP) is 2.42. The topological polar surface area (TPSA) is 63.8 Å². The number of para-hydroxylation sites is 1. The van der Waals surface area contributed by atoms with Crippen LogP contribution in [0.4, 0.5) is 5.82 Å². The molecular formula is C14H20N4. The van der Waals surface area contributed by atoms with Crippen molar-refractivity contribution >= 4 is 16.7 Å². The van der Waals surface area contributed by atoms with Gasteiger partial charge in [0, 0.05) is 18.0 Å². The van der Waals surface area contributed by atoms with Gasteiger partial charge in [0.25, 0.3) is 0 Å². The van der Waals surface area contributed by atoms with Crippen LogP contribution in [0.15, 0.2) is 30.6 Å². The van der Waals surface area contributed by atoms with E-state index in [1.165, 1.54) is 0 Å². The number of aromatic nitrogens is 2. The highest BCUT2D eigenvalue weighted by Crippen LogP contribution is 2.18. The minimum atomic E-state index is 0.152. The third kappa shape index (κ3) is 3.17. The van der Waals surface area contributed by atoms with Gasteiger partial charge in [-0.3, -0.25) is 0 Å². The van der Waals surface area contributed by atoms with Crippen molar-refractivity contribution in [1.82, 2.24) is 9.97 Å². The molecule has 0 aliphatic heterocycles. The molecule has 3 N–H and O–H groups in total. The first-order chi connectivity index (χ1) is 8.66. The van der Waals surface area contributed by atoms with E-state index in [0.717, 1.165) is 29.7 Å². The van der Waals surface area contributed by atoms with Gasteiger partial charge < -0.3 is 11.1 Å². The predicted molar refractivity (Wildman–Crippen MR) is 75.5 cm³/mol. The largest absolute Gasteiger partial charge is 0.368 e. The van der Waals surface area contributed by atoms with Crippen molar-refractivity contribution in [2.24, 2.45) is 11.7 Å². The zero-order valence-electron chi connectivity index (χ0n) is 10.9. The molecule has 1 unspecified atom stereocenters. The number of hydrogen-bond donors (Lipinski definition) is 2. The maximum absolute atomic E-state index is 6.06. The van der Waals surface area contributed by atoms with E-state index < -0.39 is 0 Å². The van der Waals surface area contributed by atoms with Crippen molar-refractivity contribution in [3.8, 4) is 0 Å². The lowest BCUT2D eigenvalue weighted by Gasteiger charge is -2.15.